The third-order valence-electron chi connectivity index (χ3n) is 4.71. The predicted molar refractivity (Wildman–Crippen MR) is 79.1 cm³/mol. The van der Waals surface area contributed by atoms with E-state index >= 15 is 0 Å². The van der Waals surface area contributed by atoms with Gasteiger partial charge >= 0.3 is 6.18 Å². The Hall–Kier alpha value is -1.03. The summed E-state index contributed by atoms with van der Waals surface area (Å²) in [5.74, 6) is 1.14. The zero-order chi connectivity index (χ0) is 15.6. The van der Waals surface area contributed by atoms with E-state index in [0.717, 1.165) is 24.1 Å². The van der Waals surface area contributed by atoms with E-state index in [4.69, 9.17) is 0 Å². The largest absolute Gasteiger partial charge is 0.416 e. The van der Waals surface area contributed by atoms with Gasteiger partial charge in [-0.25, -0.2) is 0 Å². The fourth-order valence-electron chi connectivity index (χ4n) is 3.58. The molecule has 0 aliphatic heterocycles. The molecule has 0 spiro atoms. The quantitative estimate of drug-likeness (QED) is 0.815. The van der Waals surface area contributed by atoms with E-state index in [2.05, 4.69) is 12.2 Å². The van der Waals surface area contributed by atoms with Crippen molar-refractivity contribution in [1.82, 2.24) is 5.32 Å². The Labute approximate surface area is 124 Å². The molecule has 1 aromatic rings. The summed E-state index contributed by atoms with van der Waals surface area (Å²) in [7, 11) is 0. The monoisotopic (exact) mass is 299 g/mol. The van der Waals surface area contributed by atoms with Gasteiger partial charge in [0.05, 0.1) is 5.56 Å². The Morgan fingerprint density at radius 2 is 2.00 bits per heavy atom. The number of aryl methyl sites for hydroxylation is 1. The van der Waals surface area contributed by atoms with Crippen LogP contribution in [0.2, 0.25) is 0 Å². The van der Waals surface area contributed by atoms with E-state index in [1.165, 1.54) is 25.0 Å². The highest BCUT2D eigenvalue weighted by atomic mass is 19.4. The smallest absolute Gasteiger partial charge is 0.310 e. The Morgan fingerprint density at radius 3 is 2.48 bits per heavy atom. The molecule has 118 valence electrons. The molecule has 0 heterocycles. The van der Waals surface area contributed by atoms with E-state index in [0.29, 0.717) is 11.8 Å². The highest BCUT2D eigenvalue weighted by Gasteiger charge is 2.34. The molecule has 0 bridgehead atoms. The van der Waals surface area contributed by atoms with E-state index in [-0.39, 0.29) is 6.04 Å². The number of rotatable bonds is 4. The van der Waals surface area contributed by atoms with Gasteiger partial charge in [-0.2, -0.15) is 13.2 Å². The van der Waals surface area contributed by atoms with Crippen molar-refractivity contribution >= 4 is 0 Å². The van der Waals surface area contributed by atoms with Crippen LogP contribution < -0.4 is 5.32 Å². The van der Waals surface area contributed by atoms with E-state index in [1.54, 1.807) is 13.0 Å². The van der Waals surface area contributed by atoms with Crippen molar-refractivity contribution < 1.29 is 13.2 Å². The normalized spacial score (nSPS) is 24.3. The van der Waals surface area contributed by atoms with Crippen LogP contribution in [0.25, 0.3) is 0 Å². The van der Waals surface area contributed by atoms with Crippen molar-refractivity contribution in [2.75, 3.05) is 6.54 Å². The molecule has 1 saturated carbocycles. The average molecular weight is 299 g/mol. The van der Waals surface area contributed by atoms with Crippen LogP contribution in [0, 0.1) is 18.8 Å². The molecule has 3 unspecified atom stereocenters. The Balaban J connectivity index is 2.32. The molecule has 2 rings (SSSR count). The lowest BCUT2D eigenvalue weighted by Gasteiger charge is -2.29. The second-order valence-electron chi connectivity index (χ2n) is 6.18. The van der Waals surface area contributed by atoms with Crippen molar-refractivity contribution in [1.29, 1.82) is 0 Å². The molecule has 1 fully saturated rings. The standard InChI is InChI=1S/C17H24F3N/c1-4-21-16(14-7-5-6-11(14)2)15-9-8-13(10-12(15)3)17(18,19)20/h8-11,14,16,21H,4-7H2,1-3H3. The van der Waals surface area contributed by atoms with Gasteiger partial charge < -0.3 is 5.32 Å². The lowest BCUT2D eigenvalue weighted by atomic mass is 9.84. The average Bonchev–Trinajstić information content (AvgIpc) is 2.81. The summed E-state index contributed by atoms with van der Waals surface area (Å²) in [5.41, 5.74) is 1.19. The topological polar surface area (TPSA) is 12.0 Å². The summed E-state index contributed by atoms with van der Waals surface area (Å²) < 4.78 is 38.4. The number of halogens is 3. The fraction of sp³-hybridized carbons (Fsp3) is 0.647. The summed E-state index contributed by atoms with van der Waals surface area (Å²) >= 11 is 0. The van der Waals surface area contributed by atoms with Gasteiger partial charge in [-0.15, -0.1) is 0 Å². The minimum absolute atomic E-state index is 0.162. The Bertz CT molecular complexity index is 481. The molecule has 3 atom stereocenters. The van der Waals surface area contributed by atoms with E-state index < -0.39 is 11.7 Å². The highest BCUT2D eigenvalue weighted by molar-refractivity contribution is 5.35. The van der Waals surface area contributed by atoms with Crippen LogP contribution in [0.15, 0.2) is 18.2 Å². The molecule has 0 amide bonds. The first-order valence-electron chi connectivity index (χ1n) is 7.75. The summed E-state index contributed by atoms with van der Waals surface area (Å²) in [6.45, 7) is 6.91. The van der Waals surface area contributed by atoms with E-state index in [1.807, 2.05) is 6.92 Å². The minimum atomic E-state index is -4.27. The molecular formula is C17H24F3N. The number of nitrogens with one attached hydrogen (secondary N) is 1. The first-order chi connectivity index (χ1) is 9.84. The molecular weight excluding hydrogens is 275 g/mol. The maximum absolute atomic E-state index is 12.8. The van der Waals surface area contributed by atoms with Gasteiger partial charge in [-0.05, 0) is 55.0 Å². The lowest BCUT2D eigenvalue weighted by Crippen LogP contribution is -2.30. The van der Waals surface area contributed by atoms with Gasteiger partial charge in [0, 0.05) is 6.04 Å². The molecule has 1 aliphatic rings. The zero-order valence-corrected chi connectivity index (χ0v) is 12.9. The van der Waals surface area contributed by atoms with Gasteiger partial charge in [0.15, 0.2) is 0 Å². The summed E-state index contributed by atoms with van der Waals surface area (Å²) in [6, 6.07) is 4.32. The van der Waals surface area contributed by atoms with Crippen LogP contribution in [-0.4, -0.2) is 6.54 Å². The SMILES string of the molecule is CCNC(c1ccc(C(F)(F)F)cc1C)C1CCCC1C. The zero-order valence-electron chi connectivity index (χ0n) is 12.9. The molecule has 1 N–H and O–H groups in total. The fourth-order valence-corrected chi connectivity index (χ4v) is 3.58. The van der Waals surface area contributed by atoms with Gasteiger partial charge in [-0.3, -0.25) is 0 Å². The number of hydrogen-bond donors (Lipinski definition) is 1. The molecule has 1 aromatic carbocycles. The summed E-state index contributed by atoms with van der Waals surface area (Å²) in [5, 5.41) is 3.49. The van der Waals surface area contributed by atoms with Gasteiger partial charge in [-0.1, -0.05) is 32.8 Å². The highest BCUT2D eigenvalue weighted by Crippen LogP contribution is 2.41. The van der Waals surface area contributed by atoms with Crippen LogP contribution >= 0.6 is 0 Å². The molecule has 1 nitrogen and oxygen atoms in total. The molecule has 0 radical (unpaired) electrons. The van der Waals surface area contributed by atoms with Gasteiger partial charge in [0.2, 0.25) is 0 Å². The maximum Gasteiger partial charge on any atom is 0.416 e. The number of alkyl halides is 3. The summed E-state index contributed by atoms with van der Waals surface area (Å²) in [6.07, 6.45) is -0.684. The van der Waals surface area contributed by atoms with E-state index in [9.17, 15) is 13.2 Å². The molecule has 0 aromatic heterocycles. The van der Waals surface area contributed by atoms with Gasteiger partial charge in [0.25, 0.3) is 0 Å². The minimum Gasteiger partial charge on any atom is -0.310 e. The van der Waals surface area contributed by atoms with Crippen molar-refractivity contribution in [3.63, 3.8) is 0 Å². The molecule has 4 heteroatoms. The molecule has 0 saturated heterocycles. The van der Waals surface area contributed by atoms with Crippen LogP contribution in [-0.2, 0) is 6.18 Å². The second-order valence-corrected chi connectivity index (χ2v) is 6.18. The Kier molecular flexibility index (Phi) is 4.97. The predicted octanol–water partition coefficient (Wildman–Crippen LogP) is 5.10. The van der Waals surface area contributed by atoms with Crippen molar-refractivity contribution in [3.05, 3.63) is 34.9 Å². The second kappa shape index (κ2) is 6.39. The molecule has 1 aliphatic carbocycles. The first kappa shape index (κ1) is 16.3. The van der Waals surface area contributed by atoms with Gasteiger partial charge in [0.1, 0.15) is 0 Å². The van der Waals surface area contributed by atoms with Crippen LogP contribution in [0.4, 0.5) is 13.2 Å². The maximum atomic E-state index is 12.8. The van der Waals surface area contributed by atoms with Crippen LogP contribution in [0.5, 0.6) is 0 Å². The molecule has 21 heavy (non-hydrogen) atoms. The first-order valence-corrected chi connectivity index (χ1v) is 7.75. The van der Waals surface area contributed by atoms with Crippen LogP contribution in [0.1, 0.15) is 55.8 Å². The lowest BCUT2D eigenvalue weighted by molar-refractivity contribution is -0.137. The Morgan fingerprint density at radius 1 is 1.29 bits per heavy atom. The van der Waals surface area contributed by atoms with Crippen molar-refractivity contribution in [2.24, 2.45) is 11.8 Å². The number of hydrogen-bond acceptors (Lipinski definition) is 1. The third kappa shape index (κ3) is 3.60. The van der Waals surface area contributed by atoms with Crippen molar-refractivity contribution in [3.8, 4) is 0 Å². The van der Waals surface area contributed by atoms with Crippen molar-refractivity contribution in [2.45, 2.75) is 52.3 Å². The summed E-state index contributed by atoms with van der Waals surface area (Å²) in [4.78, 5) is 0. The van der Waals surface area contributed by atoms with Crippen LogP contribution in [0.3, 0.4) is 0 Å². The number of benzene rings is 1. The third-order valence-corrected chi connectivity index (χ3v) is 4.71.